The molecule has 2 atom stereocenters. The van der Waals surface area contributed by atoms with E-state index in [1.807, 2.05) is 37.5 Å². The lowest BCUT2D eigenvalue weighted by Crippen LogP contribution is -2.12. The van der Waals surface area contributed by atoms with Gasteiger partial charge >= 0.3 is 0 Å². The average molecular weight is 406 g/mol. The topological polar surface area (TPSA) is 90.9 Å². The normalized spacial score (nSPS) is 19.0. The molecule has 30 heavy (non-hydrogen) atoms. The van der Waals surface area contributed by atoms with Crippen LogP contribution in [0.3, 0.4) is 0 Å². The van der Waals surface area contributed by atoms with E-state index in [1.54, 1.807) is 6.33 Å². The Bertz CT molecular complexity index is 1220. The second kappa shape index (κ2) is 7.53. The second-order valence-electron chi connectivity index (χ2n) is 7.64. The van der Waals surface area contributed by atoms with E-state index in [2.05, 4.69) is 24.8 Å². The lowest BCUT2D eigenvalue weighted by Gasteiger charge is -2.16. The molecule has 7 nitrogen and oxygen atoms in total. The van der Waals surface area contributed by atoms with Crippen molar-refractivity contribution in [3.63, 3.8) is 0 Å². The fourth-order valence-corrected chi connectivity index (χ4v) is 4.19. The standard InChI is InChI=1S/C22H23FN6O/c1-25-21-16-8-9-29(22(16)27-12-26-21)19-7-6-15(30-19)5-3-13-2-4-14-11-17(23)20(24)28-18(14)10-13/h2,4,8-12,15,19H,3,5-7H2,1H3,(H2,24,28)(H,25,26,27). The minimum atomic E-state index is -0.481. The maximum absolute atomic E-state index is 13.6. The molecule has 4 heterocycles. The van der Waals surface area contributed by atoms with Crippen molar-refractivity contribution in [2.24, 2.45) is 0 Å². The van der Waals surface area contributed by atoms with Crippen LogP contribution in [-0.4, -0.2) is 32.7 Å². The molecule has 1 saturated heterocycles. The van der Waals surface area contributed by atoms with E-state index >= 15 is 0 Å². The number of aryl methyl sites for hydroxylation is 1. The highest BCUT2D eigenvalue weighted by Gasteiger charge is 2.27. The molecular weight excluding hydrogens is 383 g/mol. The summed E-state index contributed by atoms with van der Waals surface area (Å²) in [5.41, 5.74) is 8.35. The number of rotatable bonds is 5. The van der Waals surface area contributed by atoms with E-state index in [4.69, 9.17) is 10.5 Å². The molecule has 1 aliphatic rings. The van der Waals surface area contributed by atoms with Crippen molar-refractivity contribution in [1.82, 2.24) is 19.5 Å². The molecule has 4 aromatic rings. The fourth-order valence-electron chi connectivity index (χ4n) is 4.19. The molecule has 1 aromatic carbocycles. The van der Waals surface area contributed by atoms with Crippen molar-refractivity contribution in [3.05, 3.63) is 54.2 Å². The van der Waals surface area contributed by atoms with Gasteiger partial charge in [-0.15, -0.1) is 0 Å². The van der Waals surface area contributed by atoms with Gasteiger partial charge in [0.1, 0.15) is 24.0 Å². The molecule has 1 fully saturated rings. The summed E-state index contributed by atoms with van der Waals surface area (Å²) in [5.74, 6) is 0.273. The zero-order valence-corrected chi connectivity index (χ0v) is 16.7. The van der Waals surface area contributed by atoms with Crippen LogP contribution in [0.2, 0.25) is 0 Å². The fraction of sp³-hybridized carbons (Fsp3) is 0.318. The van der Waals surface area contributed by atoms with Crippen LogP contribution >= 0.6 is 0 Å². The maximum Gasteiger partial charge on any atom is 0.165 e. The van der Waals surface area contributed by atoms with Crippen LogP contribution in [0.4, 0.5) is 16.0 Å². The van der Waals surface area contributed by atoms with Crippen LogP contribution in [0.25, 0.3) is 21.9 Å². The third-order valence-electron chi connectivity index (χ3n) is 5.76. The zero-order chi connectivity index (χ0) is 20.7. The van der Waals surface area contributed by atoms with Gasteiger partial charge in [-0.25, -0.2) is 19.3 Å². The maximum atomic E-state index is 13.6. The number of benzene rings is 1. The minimum Gasteiger partial charge on any atom is -0.381 e. The molecule has 0 amide bonds. The minimum absolute atomic E-state index is 0.0202. The Kier molecular flexibility index (Phi) is 4.71. The highest BCUT2D eigenvalue weighted by molar-refractivity contribution is 5.87. The van der Waals surface area contributed by atoms with E-state index < -0.39 is 5.82 Å². The average Bonchev–Trinajstić information content (AvgIpc) is 3.39. The number of hydrogen-bond donors (Lipinski definition) is 2. The number of nitrogens with zero attached hydrogens (tertiary/aromatic N) is 4. The summed E-state index contributed by atoms with van der Waals surface area (Å²) in [7, 11) is 1.86. The molecular formula is C22H23FN6O. The van der Waals surface area contributed by atoms with Gasteiger partial charge in [0.05, 0.1) is 17.0 Å². The molecule has 3 N–H and O–H groups in total. The van der Waals surface area contributed by atoms with Gasteiger partial charge in [0.25, 0.3) is 0 Å². The van der Waals surface area contributed by atoms with Crippen LogP contribution < -0.4 is 11.1 Å². The molecule has 3 aromatic heterocycles. The number of nitrogens with one attached hydrogen (secondary N) is 1. The smallest absolute Gasteiger partial charge is 0.165 e. The highest BCUT2D eigenvalue weighted by atomic mass is 19.1. The lowest BCUT2D eigenvalue weighted by atomic mass is 10.0. The van der Waals surface area contributed by atoms with E-state index in [1.165, 1.54) is 6.07 Å². The predicted octanol–water partition coefficient (Wildman–Crippen LogP) is 4.05. The van der Waals surface area contributed by atoms with Gasteiger partial charge in [-0.2, -0.15) is 0 Å². The number of pyridine rings is 1. The summed E-state index contributed by atoms with van der Waals surface area (Å²) in [6.07, 6.45) is 7.48. The molecule has 0 bridgehead atoms. The van der Waals surface area contributed by atoms with Crippen molar-refractivity contribution >= 4 is 33.6 Å². The third kappa shape index (κ3) is 3.33. The Balaban J connectivity index is 1.27. The van der Waals surface area contributed by atoms with Crippen molar-refractivity contribution in [2.45, 2.75) is 38.0 Å². The largest absolute Gasteiger partial charge is 0.381 e. The van der Waals surface area contributed by atoms with Crippen LogP contribution in [-0.2, 0) is 11.2 Å². The van der Waals surface area contributed by atoms with Crippen LogP contribution in [0, 0.1) is 5.82 Å². The number of anilines is 2. The lowest BCUT2D eigenvalue weighted by molar-refractivity contribution is 0.00120. The SMILES string of the molecule is CNc1ncnc2c1ccn2C1CCC(CCc2ccc3cc(F)c(N)nc3c2)O1. The number of nitrogen functional groups attached to an aromatic ring is 1. The highest BCUT2D eigenvalue weighted by Crippen LogP contribution is 2.34. The van der Waals surface area contributed by atoms with Gasteiger partial charge in [0, 0.05) is 18.6 Å². The quantitative estimate of drug-likeness (QED) is 0.520. The first-order valence-electron chi connectivity index (χ1n) is 10.1. The molecule has 0 radical (unpaired) electrons. The van der Waals surface area contributed by atoms with Crippen molar-refractivity contribution < 1.29 is 9.13 Å². The Hall–Kier alpha value is -3.26. The Labute approximate surface area is 173 Å². The Morgan fingerprint density at radius 3 is 3.00 bits per heavy atom. The van der Waals surface area contributed by atoms with Crippen LogP contribution in [0.5, 0.6) is 0 Å². The monoisotopic (exact) mass is 406 g/mol. The number of nitrogens with two attached hydrogens (primary N) is 1. The van der Waals surface area contributed by atoms with Crippen LogP contribution in [0.1, 0.15) is 31.1 Å². The summed E-state index contributed by atoms with van der Waals surface area (Å²) >= 11 is 0. The Morgan fingerprint density at radius 1 is 1.23 bits per heavy atom. The molecule has 5 rings (SSSR count). The van der Waals surface area contributed by atoms with Gasteiger partial charge in [0.2, 0.25) is 0 Å². The van der Waals surface area contributed by atoms with Gasteiger partial charge in [-0.05, 0) is 49.4 Å². The zero-order valence-electron chi connectivity index (χ0n) is 16.7. The van der Waals surface area contributed by atoms with E-state index in [0.717, 1.165) is 59.0 Å². The van der Waals surface area contributed by atoms with Gasteiger partial charge in [-0.1, -0.05) is 12.1 Å². The van der Waals surface area contributed by atoms with E-state index in [-0.39, 0.29) is 18.1 Å². The molecule has 8 heteroatoms. The van der Waals surface area contributed by atoms with Gasteiger partial charge in [0.15, 0.2) is 11.6 Å². The summed E-state index contributed by atoms with van der Waals surface area (Å²) < 4.78 is 22.0. The summed E-state index contributed by atoms with van der Waals surface area (Å²) in [6, 6.07) is 9.34. The molecule has 154 valence electrons. The first-order chi connectivity index (χ1) is 14.6. The first-order valence-corrected chi connectivity index (χ1v) is 10.1. The van der Waals surface area contributed by atoms with Gasteiger partial charge < -0.3 is 20.4 Å². The predicted molar refractivity (Wildman–Crippen MR) is 115 cm³/mol. The number of hydrogen-bond acceptors (Lipinski definition) is 6. The summed E-state index contributed by atoms with van der Waals surface area (Å²) in [6.45, 7) is 0. The third-order valence-corrected chi connectivity index (χ3v) is 5.76. The summed E-state index contributed by atoms with van der Waals surface area (Å²) in [4.78, 5) is 12.9. The van der Waals surface area contributed by atoms with Crippen LogP contribution in [0.15, 0.2) is 42.9 Å². The summed E-state index contributed by atoms with van der Waals surface area (Å²) in [5, 5.41) is 4.85. The molecule has 2 unspecified atom stereocenters. The van der Waals surface area contributed by atoms with Gasteiger partial charge in [-0.3, -0.25) is 0 Å². The molecule has 0 spiro atoms. The number of halogens is 1. The van der Waals surface area contributed by atoms with Crippen molar-refractivity contribution in [1.29, 1.82) is 0 Å². The number of ether oxygens (including phenoxy) is 1. The molecule has 0 saturated carbocycles. The van der Waals surface area contributed by atoms with E-state index in [0.29, 0.717) is 0 Å². The number of fused-ring (bicyclic) bond motifs is 2. The second-order valence-corrected chi connectivity index (χ2v) is 7.64. The molecule has 0 aliphatic carbocycles. The van der Waals surface area contributed by atoms with Crippen molar-refractivity contribution in [2.75, 3.05) is 18.1 Å². The van der Waals surface area contributed by atoms with Crippen molar-refractivity contribution in [3.8, 4) is 0 Å². The number of aromatic nitrogens is 4. The first kappa shape index (κ1) is 18.7. The molecule has 1 aliphatic heterocycles. The van der Waals surface area contributed by atoms with E-state index in [9.17, 15) is 4.39 Å². The Morgan fingerprint density at radius 2 is 2.13 bits per heavy atom.